The first-order chi connectivity index (χ1) is 9.49. The molecule has 0 aliphatic heterocycles. The lowest BCUT2D eigenvalue weighted by Crippen LogP contribution is -2.39. The number of rotatable bonds is 6. The third-order valence-corrected chi connectivity index (χ3v) is 4.07. The first-order valence-electron chi connectivity index (χ1n) is 7.10. The molecule has 1 aliphatic rings. The van der Waals surface area contributed by atoms with Crippen molar-refractivity contribution in [1.29, 1.82) is 0 Å². The van der Waals surface area contributed by atoms with E-state index in [1.165, 1.54) is 31.4 Å². The van der Waals surface area contributed by atoms with Crippen LogP contribution in [0, 0.1) is 15.5 Å². The summed E-state index contributed by atoms with van der Waals surface area (Å²) in [7, 11) is 0. The molecule has 1 aliphatic carbocycles. The van der Waals surface area contributed by atoms with Gasteiger partial charge >= 0.3 is 0 Å². The highest BCUT2D eigenvalue weighted by Crippen LogP contribution is 2.36. The van der Waals surface area contributed by atoms with Gasteiger partial charge < -0.3 is 10.1 Å². The van der Waals surface area contributed by atoms with Gasteiger partial charge in [0, 0.05) is 24.7 Å². The molecule has 1 unspecified atom stereocenters. The van der Waals surface area contributed by atoms with Crippen LogP contribution in [-0.4, -0.2) is 24.1 Å². The van der Waals surface area contributed by atoms with Gasteiger partial charge in [-0.05, 0) is 30.4 Å². The fourth-order valence-corrected chi connectivity index (χ4v) is 2.77. The van der Waals surface area contributed by atoms with Crippen molar-refractivity contribution in [3.63, 3.8) is 0 Å². The largest absolute Gasteiger partial charge is 0.492 e. The monoisotopic (exact) mass is 278 g/mol. The summed E-state index contributed by atoms with van der Waals surface area (Å²) in [4.78, 5) is 10.1. The van der Waals surface area contributed by atoms with Crippen molar-refractivity contribution >= 4 is 5.69 Å². The van der Waals surface area contributed by atoms with Gasteiger partial charge in [0.25, 0.3) is 5.69 Å². The van der Waals surface area contributed by atoms with Crippen LogP contribution >= 0.6 is 0 Å². The number of hydrogen-bond acceptors (Lipinski definition) is 4. The molecule has 1 saturated carbocycles. The highest BCUT2D eigenvalue weighted by atomic mass is 16.6. The van der Waals surface area contributed by atoms with Crippen molar-refractivity contribution in [2.24, 2.45) is 5.41 Å². The second-order valence-corrected chi connectivity index (χ2v) is 5.99. The fourth-order valence-electron chi connectivity index (χ4n) is 2.77. The molecule has 1 aromatic carbocycles. The standard InChI is InChI=1S/C15H22N2O3/c1-15(2)9-3-4-14(15)16-10-11-20-13-7-5-12(6-8-13)17(18)19/h5-8,14,16H,3-4,9-11H2,1-2H3. The van der Waals surface area contributed by atoms with Crippen molar-refractivity contribution in [3.8, 4) is 5.75 Å². The first kappa shape index (κ1) is 14.8. The number of non-ortho nitro benzene ring substituents is 1. The Morgan fingerprint density at radius 1 is 1.40 bits per heavy atom. The Kier molecular flexibility index (Phi) is 4.60. The Morgan fingerprint density at radius 2 is 2.10 bits per heavy atom. The van der Waals surface area contributed by atoms with Gasteiger partial charge in [0.05, 0.1) is 4.92 Å². The van der Waals surface area contributed by atoms with Crippen LogP contribution in [0.4, 0.5) is 5.69 Å². The van der Waals surface area contributed by atoms with Crippen LogP contribution in [0.3, 0.4) is 0 Å². The minimum absolute atomic E-state index is 0.0863. The molecule has 110 valence electrons. The first-order valence-corrected chi connectivity index (χ1v) is 7.10. The molecule has 0 saturated heterocycles. The summed E-state index contributed by atoms with van der Waals surface area (Å²) in [6.07, 6.45) is 3.78. The van der Waals surface area contributed by atoms with Crippen molar-refractivity contribution in [3.05, 3.63) is 34.4 Å². The fraction of sp³-hybridized carbons (Fsp3) is 0.600. The van der Waals surface area contributed by atoms with Gasteiger partial charge in [0.2, 0.25) is 0 Å². The molecule has 5 nitrogen and oxygen atoms in total. The van der Waals surface area contributed by atoms with Gasteiger partial charge in [-0.1, -0.05) is 20.3 Å². The lowest BCUT2D eigenvalue weighted by molar-refractivity contribution is -0.384. The van der Waals surface area contributed by atoms with Crippen LogP contribution in [-0.2, 0) is 0 Å². The molecule has 1 fully saturated rings. The molecule has 0 radical (unpaired) electrons. The van der Waals surface area contributed by atoms with E-state index in [1.807, 2.05) is 0 Å². The average molecular weight is 278 g/mol. The Morgan fingerprint density at radius 3 is 2.65 bits per heavy atom. The number of nitro groups is 1. The summed E-state index contributed by atoms with van der Waals surface area (Å²) in [6.45, 7) is 5.97. The molecule has 0 heterocycles. The topological polar surface area (TPSA) is 64.4 Å². The Labute approximate surface area is 119 Å². The normalized spacial score (nSPS) is 20.8. The molecule has 0 spiro atoms. The predicted molar refractivity (Wildman–Crippen MR) is 78.0 cm³/mol. The van der Waals surface area contributed by atoms with E-state index < -0.39 is 4.92 Å². The molecular formula is C15H22N2O3. The lowest BCUT2D eigenvalue weighted by Gasteiger charge is -2.27. The summed E-state index contributed by atoms with van der Waals surface area (Å²) in [5.41, 5.74) is 0.455. The summed E-state index contributed by atoms with van der Waals surface area (Å²) in [5, 5.41) is 14.1. The van der Waals surface area contributed by atoms with Crippen molar-refractivity contribution in [2.75, 3.05) is 13.2 Å². The van der Waals surface area contributed by atoms with Crippen LogP contribution < -0.4 is 10.1 Å². The Hall–Kier alpha value is -1.62. The Balaban J connectivity index is 1.72. The van der Waals surface area contributed by atoms with Crippen molar-refractivity contribution in [1.82, 2.24) is 5.32 Å². The average Bonchev–Trinajstić information content (AvgIpc) is 2.74. The number of hydrogen-bond donors (Lipinski definition) is 1. The number of nitro benzene ring substituents is 1. The van der Waals surface area contributed by atoms with E-state index in [4.69, 9.17) is 4.74 Å². The summed E-state index contributed by atoms with van der Waals surface area (Å²) >= 11 is 0. The van der Waals surface area contributed by atoms with E-state index >= 15 is 0 Å². The van der Waals surface area contributed by atoms with Gasteiger partial charge in [-0.15, -0.1) is 0 Å². The van der Waals surface area contributed by atoms with E-state index in [-0.39, 0.29) is 5.69 Å². The van der Waals surface area contributed by atoms with E-state index in [9.17, 15) is 10.1 Å². The van der Waals surface area contributed by atoms with Crippen molar-refractivity contribution in [2.45, 2.75) is 39.2 Å². The Bertz CT molecular complexity index is 457. The molecule has 1 aromatic rings. The van der Waals surface area contributed by atoms with E-state index in [0.717, 1.165) is 6.54 Å². The van der Waals surface area contributed by atoms with Crippen molar-refractivity contribution < 1.29 is 9.66 Å². The molecule has 0 bridgehead atoms. The summed E-state index contributed by atoms with van der Waals surface area (Å²) < 4.78 is 5.58. The number of nitrogens with one attached hydrogen (secondary N) is 1. The molecule has 20 heavy (non-hydrogen) atoms. The quantitative estimate of drug-likeness (QED) is 0.493. The number of nitrogens with zero attached hydrogens (tertiary/aromatic N) is 1. The molecule has 1 atom stereocenters. The minimum Gasteiger partial charge on any atom is -0.492 e. The summed E-state index contributed by atoms with van der Waals surface area (Å²) in [5.74, 6) is 0.670. The zero-order valence-corrected chi connectivity index (χ0v) is 12.1. The third kappa shape index (κ3) is 3.70. The highest BCUT2D eigenvalue weighted by molar-refractivity contribution is 5.35. The maximum Gasteiger partial charge on any atom is 0.269 e. The minimum atomic E-state index is -0.409. The third-order valence-electron chi connectivity index (χ3n) is 4.07. The van der Waals surface area contributed by atoms with Gasteiger partial charge in [0.1, 0.15) is 12.4 Å². The molecule has 5 heteroatoms. The second-order valence-electron chi connectivity index (χ2n) is 5.99. The van der Waals surface area contributed by atoms with Gasteiger partial charge in [-0.2, -0.15) is 0 Å². The van der Waals surface area contributed by atoms with Crippen LogP contribution in [0.2, 0.25) is 0 Å². The molecule has 2 rings (SSSR count). The second kappa shape index (κ2) is 6.22. The van der Waals surface area contributed by atoms with E-state index in [2.05, 4.69) is 19.2 Å². The van der Waals surface area contributed by atoms with Gasteiger partial charge in [-0.3, -0.25) is 10.1 Å². The van der Waals surface area contributed by atoms with E-state index in [1.54, 1.807) is 12.1 Å². The van der Waals surface area contributed by atoms with Crippen LogP contribution in [0.25, 0.3) is 0 Å². The SMILES string of the molecule is CC1(C)CCCC1NCCOc1ccc([N+](=O)[O-])cc1. The smallest absolute Gasteiger partial charge is 0.269 e. The van der Waals surface area contributed by atoms with Crippen LogP contribution in [0.5, 0.6) is 5.75 Å². The molecule has 1 N–H and O–H groups in total. The summed E-state index contributed by atoms with van der Waals surface area (Å²) in [6, 6.07) is 6.75. The molecule has 0 amide bonds. The maximum absolute atomic E-state index is 10.5. The highest BCUT2D eigenvalue weighted by Gasteiger charge is 2.33. The predicted octanol–water partition coefficient (Wildman–Crippen LogP) is 3.14. The van der Waals surface area contributed by atoms with Crippen LogP contribution in [0.1, 0.15) is 33.1 Å². The van der Waals surface area contributed by atoms with Gasteiger partial charge in [-0.25, -0.2) is 0 Å². The van der Waals surface area contributed by atoms with Crippen LogP contribution in [0.15, 0.2) is 24.3 Å². The molecular weight excluding hydrogens is 256 g/mol. The van der Waals surface area contributed by atoms with Gasteiger partial charge in [0.15, 0.2) is 0 Å². The number of benzene rings is 1. The lowest BCUT2D eigenvalue weighted by atomic mass is 9.87. The maximum atomic E-state index is 10.5. The zero-order valence-electron chi connectivity index (χ0n) is 12.1. The van der Waals surface area contributed by atoms with E-state index in [0.29, 0.717) is 23.8 Å². The number of ether oxygens (including phenoxy) is 1. The zero-order chi connectivity index (χ0) is 14.6. The molecule has 0 aromatic heterocycles.